The number of nitrogens with zero attached hydrogens (tertiary/aromatic N) is 3. The van der Waals surface area contributed by atoms with E-state index in [-0.39, 0.29) is 5.82 Å². The van der Waals surface area contributed by atoms with E-state index in [9.17, 15) is 4.39 Å². The minimum absolute atomic E-state index is 0.292. The lowest BCUT2D eigenvalue weighted by atomic mass is 9.84. The molecule has 5 heteroatoms. The van der Waals surface area contributed by atoms with E-state index >= 15 is 0 Å². The molecule has 0 bridgehead atoms. The molecule has 0 atom stereocenters. The largest absolute Gasteiger partial charge is 0.357 e. The van der Waals surface area contributed by atoms with E-state index in [0.717, 1.165) is 19.4 Å². The minimum atomic E-state index is -0.292. The standard InChI is InChI=1S/C12H17ClFN3/c1-3-10-11(14)12(16-7-15-10)17(2)6-8-4-9(13)5-8/h7-9H,3-6H2,1-2H3. The van der Waals surface area contributed by atoms with Crippen molar-refractivity contribution in [2.75, 3.05) is 18.5 Å². The van der Waals surface area contributed by atoms with Gasteiger partial charge >= 0.3 is 0 Å². The van der Waals surface area contributed by atoms with Gasteiger partial charge in [0.25, 0.3) is 0 Å². The van der Waals surface area contributed by atoms with Gasteiger partial charge < -0.3 is 4.90 Å². The molecule has 0 radical (unpaired) electrons. The van der Waals surface area contributed by atoms with Crippen molar-refractivity contribution < 1.29 is 4.39 Å². The number of rotatable bonds is 4. The summed E-state index contributed by atoms with van der Waals surface area (Å²) in [5, 5.41) is 0.301. The second kappa shape index (κ2) is 5.17. The molecule has 0 unspecified atom stereocenters. The van der Waals surface area contributed by atoms with Crippen LogP contribution in [0.5, 0.6) is 0 Å². The lowest BCUT2D eigenvalue weighted by Gasteiger charge is -2.34. The molecule has 1 aromatic heterocycles. The fourth-order valence-corrected chi connectivity index (χ4v) is 2.69. The molecule has 1 aromatic rings. The molecule has 0 N–H and O–H groups in total. The summed E-state index contributed by atoms with van der Waals surface area (Å²) >= 11 is 5.93. The quantitative estimate of drug-likeness (QED) is 0.777. The highest BCUT2D eigenvalue weighted by molar-refractivity contribution is 6.21. The maximum absolute atomic E-state index is 14.0. The maximum atomic E-state index is 14.0. The van der Waals surface area contributed by atoms with Crippen molar-refractivity contribution in [3.8, 4) is 0 Å². The van der Waals surface area contributed by atoms with Gasteiger partial charge in [0.1, 0.15) is 6.33 Å². The van der Waals surface area contributed by atoms with Crippen LogP contribution in [-0.2, 0) is 6.42 Å². The average molecular weight is 258 g/mol. The Kier molecular flexibility index (Phi) is 3.82. The smallest absolute Gasteiger partial charge is 0.187 e. The molecule has 0 aromatic carbocycles. The van der Waals surface area contributed by atoms with E-state index in [4.69, 9.17) is 11.6 Å². The van der Waals surface area contributed by atoms with Crippen LogP contribution in [0, 0.1) is 11.7 Å². The number of aromatic nitrogens is 2. The Balaban J connectivity index is 2.05. The van der Waals surface area contributed by atoms with Crippen LogP contribution < -0.4 is 4.90 Å². The van der Waals surface area contributed by atoms with Gasteiger partial charge in [-0.25, -0.2) is 14.4 Å². The zero-order valence-corrected chi connectivity index (χ0v) is 10.9. The van der Waals surface area contributed by atoms with Crippen LogP contribution in [0.25, 0.3) is 0 Å². The Morgan fingerprint density at radius 2 is 2.18 bits per heavy atom. The number of aryl methyl sites for hydroxylation is 1. The van der Waals surface area contributed by atoms with Crippen LogP contribution in [0.1, 0.15) is 25.5 Å². The van der Waals surface area contributed by atoms with E-state index in [1.807, 2.05) is 18.9 Å². The van der Waals surface area contributed by atoms with Crippen molar-refractivity contribution in [1.82, 2.24) is 9.97 Å². The number of hydrogen-bond donors (Lipinski definition) is 0. The number of alkyl halides is 1. The third-order valence-electron chi connectivity index (χ3n) is 3.25. The molecule has 17 heavy (non-hydrogen) atoms. The Morgan fingerprint density at radius 3 is 2.76 bits per heavy atom. The van der Waals surface area contributed by atoms with Gasteiger partial charge in [0.15, 0.2) is 11.6 Å². The third kappa shape index (κ3) is 2.68. The number of hydrogen-bond acceptors (Lipinski definition) is 3. The van der Waals surface area contributed by atoms with Crippen LogP contribution in [0.2, 0.25) is 0 Å². The van der Waals surface area contributed by atoms with E-state index < -0.39 is 0 Å². The molecule has 94 valence electrons. The van der Waals surface area contributed by atoms with Crippen molar-refractivity contribution in [2.45, 2.75) is 31.6 Å². The van der Waals surface area contributed by atoms with Crippen LogP contribution >= 0.6 is 11.6 Å². The third-order valence-corrected chi connectivity index (χ3v) is 3.61. The summed E-state index contributed by atoms with van der Waals surface area (Å²) in [6, 6.07) is 0. The van der Waals surface area contributed by atoms with Crippen molar-refractivity contribution in [3.05, 3.63) is 17.8 Å². The van der Waals surface area contributed by atoms with E-state index in [2.05, 4.69) is 9.97 Å². The van der Waals surface area contributed by atoms with E-state index in [1.54, 1.807) is 0 Å². The lowest BCUT2D eigenvalue weighted by molar-refractivity contribution is 0.327. The van der Waals surface area contributed by atoms with Crippen molar-refractivity contribution >= 4 is 17.4 Å². The summed E-state index contributed by atoms with van der Waals surface area (Å²) in [5.41, 5.74) is 0.477. The SMILES string of the molecule is CCc1ncnc(N(C)CC2CC(Cl)C2)c1F. The monoisotopic (exact) mass is 257 g/mol. The minimum Gasteiger partial charge on any atom is -0.357 e. The van der Waals surface area contributed by atoms with Crippen LogP contribution in [0.15, 0.2) is 6.33 Å². The first-order chi connectivity index (χ1) is 8.11. The van der Waals surface area contributed by atoms with Gasteiger partial charge in [-0.1, -0.05) is 6.92 Å². The van der Waals surface area contributed by atoms with Gasteiger partial charge in [-0.2, -0.15) is 0 Å². The Bertz CT molecular complexity index is 393. The Hall–Kier alpha value is -0.900. The molecule has 1 aliphatic rings. The van der Waals surface area contributed by atoms with Crippen molar-refractivity contribution in [2.24, 2.45) is 5.92 Å². The topological polar surface area (TPSA) is 29.0 Å². The highest BCUT2D eigenvalue weighted by atomic mass is 35.5. The maximum Gasteiger partial charge on any atom is 0.187 e. The molecular formula is C12H17ClFN3. The van der Waals surface area contributed by atoms with Gasteiger partial charge in [0.2, 0.25) is 0 Å². The lowest BCUT2D eigenvalue weighted by Crippen LogP contribution is -2.35. The Morgan fingerprint density at radius 1 is 1.47 bits per heavy atom. The van der Waals surface area contributed by atoms with Crippen LogP contribution in [0.4, 0.5) is 10.2 Å². The second-order valence-corrected chi connectivity index (χ2v) is 5.24. The van der Waals surface area contributed by atoms with Gasteiger partial charge in [0.05, 0.1) is 5.69 Å². The highest BCUT2D eigenvalue weighted by Crippen LogP contribution is 2.33. The summed E-state index contributed by atoms with van der Waals surface area (Å²) in [7, 11) is 1.87. The fraction of sp³-hybridized carbons (Fsp3) is 0.667. The predicted molar refractivity (Wildman–Crippen MR) is 67.0 cm³/mol. The molecule has 1 fully saturated rings. The molecule has 0 spiro atoms. The van der Waals surface area contributed by atoms with E-state index in [0.29, 0.717) is 29.2 Å². The molecule has 0 amide bonds. The summed E-state index contributed by atoms with van der Waals surface area (Å²) in [6.45, 7) is 2.69. The molecule has 2 rings (SSSR count). The summed E-state index contributed by atoms with van der Waals surface area (Å²) in [4.78, 5) is 9.82. The first-order valence-corrected chi connectivity index (χ1v) is 6.40. The zero-order valence-electron chi connectivity index (χ0n) is 10.2. The molecule has 3 nitrogen and oxygen atoms in total. The predicted octanol–water partition coefficient (Wildman–Crippen LogP) is 2.63. The van der Waals surface area contributed by atoms with Crippen LogP contribution in [-0.4, -0.2) is 28.9 Å². The average Bonchev–Trinajstić information content (AvgIpc) is 2.27. The van der Waals surface area contributed by atoms with Crippen molar-refractivity contribution in [3.63, 3.8) is 0 Å². The Labute approximate surface area is 106 Å². The summed E-state index contributed by atoms with van der Waals surface area (Å²) in [5.74, 6) is 0.663. The molecule has 1 heterocycles. The number of anilines is 1. The first-order valence-electron chi connectivity index (χ1n) is 5.96. The van der Waals surface area contributed by atoms with Gasteiger partial charge in [-0.3, -0.25) is 0 Å². The molecule has 1 aliphatic carbocycles. The normalized spacial score (nSPS) is 23.3. The van der Waals surface area contributed by atoms with E-state index in [1.165, 1.54) is 6.33 Å². The van der Waals surface area contributed by atoms with Gasteiger partial charge in [0, 0.05) is 19.0 Å². The summed E-state index contributed by atoms with van der Waals surface area (Å²) < 4.78 is 14.0. The summed E-state index contributed by atoms with van der Waals surface area (Å²) in [6.07, 6.45) is 4.04. The number of halogens is 2. The van der Waals surface area contributed by atoms with Gasteiger partial charge in [-0.05, 0) is 25.2 Å². The first kappa shape index (κ1) is 12.6. The fourth-order valence-electron chi connectivity index (χ4n) is 2.19. The molecule has 0 aliphatic heterocycles. The molecular weight excluding hydrogens is 241 g/mol. The van der Waals surface area contributed by atoms with Crippen LogP contribution in [0.3, 0.4) is 0 Å². The molecule has 0 saturated heterocycles. The zero-order chi connectivity index (χ0) is 12.4. The second-order valence-electron chi connectivity index (χ2n) is 4.63. The van der Waals surface area contributed by atoms with Crippen molar-refractivity contribution in [1.29, 1.82) is 0 Å². The highest BCUT2D eigenvalue weighted by Gasteiger charge is 2.29. The van der Waals surface area contributed by atoms with Gasteiger partial charge in [-0.15, -0.1) is 11.6 Å². The molecule has 1 saturated carbocycles.